The van der Waals surface area contributed by atoms with E-state index in [-0.39, 0.29) is 5.75 Å². The summed E-state index contributed by atoms with van der Waals surface area (Å²) in [4.78, 5) is 26.9. The number of halogens is 1. The molecule has 0 unspecified atom stereocenters. The predicted molar refractivity (Wildman–Crippen MR) is 42.4 cm³/mol. The van der Waals surface area contributed by atoms with E-state index in [0.717, 1.165) is 0 Å². The van der Waals surface area contributed by atoms with E-state index >= 15 is 0 Å². The molecule has 0 radical (unpaired) electrons. The fraction of sp³-hybridized carbons (Fsp3) is 0. The lowest BCUT2D eigenvalue weighted by Crippen LogP contribution is -2.14. The Labute approximate surface area is 74.4 Å². The minimum atomic E-state index is -1.04. The molecule has 0 fully saturated rings. The molecule has 1 aromatic rings. The summed E-state index contributed by atoms with van der Waals surface area (Å²) in [5, 5.41) is 8.80. The zero-order valence-electron chi connectivity index (χ0n) is 5.61. The van der Waals surface area contributed by atoms with Gasteiger partial charge in [0.1, 0.15) is 0 Å². The molecule has 0 spiro atoms. The normalized spacial score (nSPS) is 9.42. The van der Waals surface area contributed by atoms with E-state index in [1.165, 1.54) is 12.3 Å². The molecule has 0 aliphatic carbocycles. The Bertz CT molecular complexity index is 361. The molecule has 0 atom stereocenters. The third kappa shape index (κ3) is 2.06. The van der Waals surface area contributed by atoms with Crippen molar-refractivity contribution in [1.29, 1.82) is 0 Å². The second kappa shape index (κ2) is 3.35. The zero-order valence-corrected chi connectivity index (χ0v) is 7.20. The highest BCUT2D eigenvalue weighted by molar-refractivity contribution is 9.10. The number of pyridine rings is 1. The third-order valence-electron chi connectivity index (χ3n) is 1.01. The number of hydrogen-bond donors (Lipinski definition) is 1. The van der Waals surface area contributed by atoms with Gasteiger partial charge >= 0.3 is 0 Å². The highest BCUT2D eigenvalue weighted by Crippen LogP contribution is 2.11. The van der Waals surface area contributed by atoms with Gasteiger partial charge in [0.15, 0.2) is 5.75 Å². The lowest BCUT2D eigenvalue weighted by Gasteiger charge is -1.95. The molecule has 0 amide bonds. The van der Waals surface area contributed by atoms with E-state index in [0.29, 0.717) is 4.47 Å². The first-order valence-corrected chi connectivity index (χ1v) is 3.59. The second-order valence-corrected chi connectivity index (χ2v) is 2.74. The Morgan fingerprint density at radius 1 is 1.67 bits per heavy atom. The molecule has 64 valence electrons. The summed E-state index contributed by atoms with van der Waals surface area (Å²) < 4.78 is 0.499. The van der Waals surface area contributed by atoms with Crippen molar-refractivity contribution >= 4 is 15.9 Å². The van der Waals surface area contributed by atoms with E-state index in [9.17, 15) is 14.9 Å². The molecule has 0 aromatic carbocycles. The maximum absolute atomic E-state index is 10.8. The fourth-order valence-electron chi connectivity index (χ4n) is 0.586. The van der Waals surface area contributed by atoms with Gasteiger partial charge in [0.05, 0.1) is 0 Å². The van der Waals surface area contributed by atoms with Gasteiger partial charge in [0, 0.05) is 10.7 Å². The quantitative estimate of drug-likeness (QED) is 0.604. The minimum Gasteiger partial charge on any atom is -0.326 e. The number of rotatable bonds is 2. The van der Waals surface area contributed by atoms with E-state index in [4.69, 9.17) is 0 Å². The number of hydrogen-bond acceptors (Lipinski definition) is 4. The SMILES string of the molecule is O=c1[nH]cc(Br)cc1O[N+](=O)[O-]. The first-order valence-electron chi connectivity index (χ1n) is 2.80. The second-order valence-electron chi connectivity index (χ2n) is 1.83. The molecular formula is C5H3BrN2O4. The van der Waals surface area contributed by atoms with Crippen LogP contribution in [0.2, 0.25) is 0 Å². The molecule has 6 nitrogen and oxygen atoms in total. The summed E-state index contributed by atoms with van der Waals surface area (Å²) in [6.45, 7) is 0. The van der Waals surface area contributed by atoms with Crippen molar-refractivity contribution in [1.82, 2.24) is 4.98 Å². The first-order chi connectivity index (χ1) is 5.59. The van der Waals surface area contributed by atoms with Crippen LogP contribution in [0, 0.1) is 10.1 Å². The van der Waals surface area contributed by atoms with E-state index < -0.39 is 10.6 Å². The Kier molecular flexibility index (Phi) is 2.44. The van der Waals surface area contributed by atoms with Gasteiger partial charge in [-0.15, -0.1) is 10.1 Å². The summed E-state index contributed by atoms with van der Waals surface area (Å²) in [5.41, 5.74) is -0.644. The van der Waals surface area contributed by atoms with Gasteiger partial charge in [0.2, 0.25) is 0 Å². The van der Waals surface area contributed by atoms with Crippen molar-refractivity contribution < 1.29 is 9.92 Å². The zero-order chi connectivity index (χ0) is 9.14. The Hall–Kier alpha value is -1.37. The van der Waals surface area contributed by atoms with Gasteiger partial charge in [-0.1, -0.05) is 0 Å². The van der Waals surface area contributed by atoms with Crippen LogP contribution in [0.1, 0.15) is 0 Å². The van der Waals surface area contributed by atoms with Crippen molar-refractivity contribution in [3.8, 4) is 5.75 Å². The van der Waals surface area contributed by atoms with Crippen LogP contribution in [0.5, 0.6) is 5.75 Å². The van der Waals surface area contributed by atoms with Gasteiger partial charge in [-0.05, 0) is 22.0 Å². The lowest BCUT2D eigenvalue weighted by molar-refractivity contribution is -0.711. The fourth-order valence-corrected chi connectivity index (χ4v) is 0.909. The van der Waals surface area contributed by atoms with Crippen molar-refractivity contribution in [3.05, 3.63) is 37.2 Å². The largest absolute Gasteiger partial charge is 0.326 e. The van der Waals surface area contributed by atoms with Gasteiger partial charge in [-0.3, -0.25) is 9.63 Å². The average Bonchev–Trinajstić information content (AvgIpc) is 1.96. The summed E-state index contributed by atoms with van der Waals surface area (Å²) in [6.07, 6.45) is 1.36. The first kappa shape index (κ1) is 8.72. The summed E-state index contributed by atoms with van der Waals surface area (Å²) in [7, 11) is 0. The molecule has 0 aliphatic heterocycles. The molecular weight excluding hydrogens is 232 g/mol. The Morgan fingerprint density at radius 2 is 2.33 bits per heavy atom. The lowest BCUT2D eigenvalue weighted by atomic mass is 10.5. The maximum Gasteiger partial charge on any atom is 0.299 e. The highest BCUT2D eigenvalue weighted by atomic mass is 79.9. The smallest absolute Gasteiger partial charge is 0.299 e. The number of H-pyrrole nitrogens is 1. The van der Waals surface area contributed by atoms with Gasteiger partial charge in [0.25, 0.3) is 10.6 Å². The van der Waals surface area contributed by atoms with Crippen molar-refractivity contribution in [2.24, 2.45) is 0 Å². The Balaban J connectivity index is 3.06. The predicted octanol–water partition coefficient (Wildman–Crippen LogP) is 0.708. The van der Waals surface area contributed by atoms with Crippen LogP contribution in [0.15, 0.2) is 21.5 Å². The molecule has 12 heavy (non-hydrogen) atoms. The van der Waals surface area contributed by atoms with Crippen molar-refractivity contribution in [2.45, 2.75) is 0 Å². The van der Waals surface area contributed by atoms with Crippen LogP contribution < -0.4 is 10.4 Å². The van der Waals surface area contributed by atoms with Gasteiger partial charge in [-0.2, -0.15) is 0 Å². The van der Waals surface area contributed by atoms with E-state index in [1.807, 2.05) is 0 Å². The molecule has 0 saturated heterocycles. The topological polar surface area (TPSA) is 85.2 Å². The highest BCUT2D eigenvalue weighted by Gasteiger charge is 2.04. The maximum atomic E-state index is 10.8. The molecule has 0 bridgehead atoms. The standard InChI is InChI=1S/C5H3BrN2O4/c6-3-1-4(12-8(10)11)5(9)7-2-3/h1-2H,(H,7,9). The van der Waals surface area contributed by atoms with E-state index in [1.54, 1.807) is 0 Å². The van der Waals surface area contributed by atoms with Crippen LogP contribution in [0.3, 0.4) is 0 Å². The molecule has 0 saturated carbocycles. The molecule has 1 N–H and O–H groups in total. The molecule has 7 heteroatoms. The average molecular weight is 235 g/mol. The van der Waals surface area contributed by atoms with Crippen LogP contribution >= 0.6 is 15.9 Å². The summed E-state index contributed by atoms with van der Waals surface area (Å²) in [5.74, 6) is -0.352. The van der Waals surface area contributed by atoms with Gasteiger partial charge < -0.3 is 4.98 Å². The molecule has 1 heterocycles. The molecule has 0 aliphatic rings. The Morgan fingerprint density at radius 3 is 2.92 bits per heavy atom. The minimum absolute atomic E-state index is 0.352. The number of aromatic amines is 1. The van der Waals surface area contributed by atoms with Crippen LogP contribution in [0.25, 0.3) is 0 Å². The van der Waals surface area contributed by atoms with Crippen LogP contribution in [-0.4, -0.2) is 10.1 Å². The number of nitrogens with zero attached hydrogens (tertiary/aromatic N) is 1. The monoisotopic (exact) mass is 234 g/mol. The van der Waals surface area contributed by atoms with Crippen molar-refractivity contribution in [2.75, 3.05) is 0 Å². The number of aromatic nitrogens is 1. The molecule has 1 rings (SSSR count). The number of nitrogens with one attached hydrogen (secondary N) is 1. The third-order valence-corrected chi connectivity index (χ3v) is 1.46. The van der Waals surface area contributed by atoms with Crippen LogP contribution in [-0.2, 0) is 0 Å². The van der Waals surface area contributed by atoms with Gasteiger partial charge in [-0.25, -0.2) is 0 Å². The molecule has 1 aromatic heterocycles. The summed E-state index contributed by atoms with van der Waals surface area (Å²) in [6, 6.07) is 1.21. The van der Waals surface area contributed by atoms with E-state index in [2.05, 4.69) is 25.8 Å². The van der Waals surface area contributed by atoms with Crippen molar-refractivity contribution in [3.63, 3.8) is 0 Å². The summed E-state index contributed by atoms with van der Waals surface area (Å²) >= 11 is 3.01. The van der Waals surface area contributed by atoms with Crippen LogP contribution in [0.4, 0.5) is 0 Å².